The van der Waals surface area contributed by atoms with E-state index in [2.05, 4.69) is 0 Å². The third-order valence-corrected chi connectivity index (χ3v) is 2.86. The van der Waals surface area contributed by atoms with Crippen LogP contribution in [0.1, 0.15) is 57.8 Å². The van der Waals surface area contributed by atoms with E-state index in [0.717, 1.165) is 38.5 Å². The molecule has 15 heavy (non-hydrogen) atoms. The van der Waals surface area contributed by atoms with E-state index in [0.29, 0.717) is 13.0 Å². The average molecular weight is 214 g/mol. The smallest absolute Gasteiger partial charge is 0.305 e. The Kier molecular flexibility index (Phi) is 6.41. The second-order valence-corrected chi connectivity index (χ2v) is 4.32. The quantitative estimate of drug-likeness (QED) is 0.630. The molecule has 0 amide bonds. The van der Waals surface area contributed by atoms with E-state index in [1.54, 1.807) is 0 Å². The molecule has 1 atom stereocenters. The lowest BCUT2D eigenvalue weighted by Gasteiger charge is -2.08. The minimum absolute atomic E-state index is 0.110. The Hall–Kier alpha value is -0.570. The molecule has 3 nitrogen and oxygen atoms in total. The molecule has 1 saturated heterocycles. The van der Waals surface area contributed by atoms with Gasteiger partial charge in [0.1, 0.15) is 0 Å². The van der Waals surface area contributed by atoms with Crippen LogP contribution < -0.4 is 0 Å². The molecule has 0 radical (unpaired) electrons. The van der Waals surface area contributed by atoms with Gasteiger partial charge in [-0.05, 0) is 25.7 Å². The van der Waals surface area contributed by atoms with E-state index < -0.39 is 0 Å². The van der Waals surface area contributed by atoms with E-state index in [1.807, 2.05) is 0 Å². The third-order valence-electron chi connectivity index (χ3n) is 2.86. The molecule has 88 valence electrons. The Labute approximate surface area is 91.8 Å². The van der Waals surface area contributed by atoms with Crippen LogP contribution in [0.15, 0.2) is 0 Å². The summed E-state index contributed by atoms with van der Waals surface area (Å²) in [6.07, 6.45) is 8.18. The van der Waals surface area contributed by atoms with E-state index in [-0.39, 0.29) is 12.1 Å². The van der Waals surface area contributed by atoms with Crippen LogP contribution in [-0.2, 0) is 9.53 Å². The van der Waals surface area contributed by atoms with Crippen molar-refractivity contribution in [2.75, 3.05) is 6.61 Å². The maximum atomic E-state index is 11.2. The molecule has 0 aromatic carbocycles. The standard InChI is InChI=1S/C12H22O3/c13-11-7-4-2-1-3-5-10-15-12(14)9-6-8-11/h11,13H,1-10H2. The number of carbonyl (C=O) groups is 1. The number of hydrogen-bond acceptors (Lipinski definition) is 3. The van der Waals surface area contributed by atoms with Crippen molar-refractivity contribution in [2.24, 2.45) is 0 Å². The van der Waals surface area contributed by atoms with Gasteiger partial charge in [0.05, 0.1) is 12.7 Å². The summed E-state index contributed by atoms with van der Waals surface area (Å²) in [4.78, 5) is 11.2. The molecule has 3 heteroatoms. The second-order valence-electron chi connectivity index (χ2n) is 4.32. The second kappa shape index (κ2) is 7.69. The average Bonchev–Trinajstić information content (AvgIpc) is 2.22. The van der Waals surface area contributed by atoms with Crippen LogP contribution >= 0.6 is 0 Å². The lowest BCUT2D eigenvalue weighted by atomic mass is 10.0. The fourth-order valence-corrected chi connectivity index (χ4v) is 1.90. The minimum atomic E-state index is -0.224. The predicted octanol–water partition coefficient (Wildman–Crippen LogP) is 2.42. The van der Waals surface area contributed by atoms with Crippen LogP contribution in [0.5, 0.6) is 0 Å². The number of carbonyl (C=O) groups excluding carboxylic acids is 1. The van der Waals surface area contributed by atoms with Gasteiger partial charge in [-0.15, -0.1) is 0 Å². The van der Waals surface area contributed by atoms with E-state index >= 15 is 0 Å². The first kappa shape index (κ1) is 12.5. The summed E-state index contributed by atoms with van der Waals surface area (Å²) in [5, 5.41) is 9.60. The van der Waals surface area contributed by atoms with E-state index in [9.17, 15) is 9.90 Å². The van der Waals surface area contributed by atoms with Gasteiger partial charge in [0, 0.05) is 6.42 Å². The van der Waals surface area contributed by atoms with E-state index in [4.69, 9.17) is 4.74 Å². The Balaban J connectivity index is 2.24. The molecular formula is C12H22O3. The SMILES string of the molecule is O=C1CCCC(O)CCCCCCCO1. The summed E-state index contributed by atoms with van der Waals surface area (Å²) in [7, 11) is 0. The number of cyclic esters (lactones) is 1. The summed E-state index contributed by atoms with van der Waals surface area (Å²) < 4.78 is 5.07. The summed E-state index contributed by atoms with van der Waals surface area (Å²) in [6, 6.07) is 0. The largest absolute Gasteiger partial charge is 0.466 e. The van der Waals surface area contributed by atoms with Crippen LogP contribution in [-0.4, -0.2) is 23.8 Å². The molecule has 0 aromatic rings. The van der Waals surface area contributed by atoms with Gasteiger partial charge in [-0.2, -0.15) is 0 Å². The summed E-state index contributed by atoms with van der Waals surface area (Å²) in [6.45, 7) is 0.571. The Morgan fingerprint density at radius 2 is 1.67 bits per heavy atom. The van der Waals surface area contributed by atoms with Crippen molar-refractivity contribution in [1.29, 1.82) is 0 Å². The molecule has 1 N–H and O–H groups in total. The number of ether oxygens (including phenoxy) is 1. The zero-order valence-corrected chi connectivity index (χ0v) is 9.41. The molecule has 1 heterocycles. The molecule has 1 aliphatic heterocycles. The van der Waals surface area contributed by atoms with Crippen LogP contribution in [0.2, 0.25) is 0 Å². The molecule has 1 unspecified atom stereocenters. The lowest BCUT2D eigenvalue weighted by Crippen LogP contribution is -2.09. The van der Waals surface area contributed by atoms with Crippen molar-refractivity contribution in [1.82, 2.24) is 0 Å². The fourth-order valence-electron chi connectivity index (χ4n) is 1.90. The van der Waals surface area contributed by atoms with Crippen molar-refractivity contribution < 1.29 is 14.6 Å². The van der Waals surface area contributed by atoms with Gasteiger partial charge < -0.3 is 9.84 Å². The highest BCUT2D eigenvalue weighted by atomic mass is 16.5. The van der Waals surface area contributed by atoms with Crippen LogP contribution in [0.25, 0.3) is 0 Å². The van der Waals surface area contributed by atoms with Gasteiger partial charge in [0.2, 0.25) is 0 Å². The van der Waals surface area contributed by atoms with Crippen LogP contribution in [0, 0.1) is 0 Å². The van der Waals surface area contributed by atoms with E-state index in [1.165, 1.54) is 12.8 Å². The Morgan fingerprint density at radius 3 is 2.53 bits per heavy atom. The molecular weight excluding hydrogens is 192 g/mol. The molecule has 0 saturated carbocycles. The lowest BCUT2D eigenvalue weighted by molar-refractivity contribution is -0.143. The zero-order chi connectivity index (χ0) is 10.9. The number of aliphatic hydroxyl groups excluding tert-OH is 1. The van der Waals surface area contributed by atoms with Crippen molar-refractivity contribution in [3.63, 3.8) is 0 Å². The first-order valence-electron chi connectivity index (χ1n) is 6.13. The Bertz CT molecular complexity index is 180. The van der Waals surface area contributed by atoms with Gasteiger partial charge in [-0.3, -0.25) is 4.79 Å². The van der Waals surface area contributed by atoms with Crippen LogP contribution in [0.3, 0.4) is 0 Å². The topological polar surface area (TPSA) is 46.5 Å². The van der Waals surface area contributed by atoms with Crippen LogP contribution in [0.4, 0.5) is 0 Å². The van der Waals surface area contributed by atoms with Crippen molar-refractivity contribution in [3.8, 4) is 0 Å². The molecule has 1 fully saturated rings. The molecule has 1 aliphatic rings. The number of esters is 1. The number of aliphatic hydroxyl groups is 1. The highest BCUT2D eigenvalue weighted by Crippen LogP contribution is 2.13. The first-order chi connectivity index (χ1) is 7.29. The minimum Gasteiger partial charge on any atom is -0.466 e. The molecule has 0 spiro atoms. The normalized spacial score (nSPS) is 27.0. The summed E-state index contributed by atoms with van der Waals surface area (Å²) in [5.74, 6) is -0.110. The third kappa shape index (κ3) is 6.50. The molecule has 0 bridgehead atoms. The highest BCUT2D eigenvalue weighted by molar-refractivity contribution is 5.69. The van der Waals surface area contributed by atoms with Gasteiger partial charge in [0.15, 0.2) is 0 Å². The summed E-state index contributed by atoms with van der Waals surface area (Å²) >= 11 is 0. The fraction of sp³-hybridized carbons (Fsp3) is 0.917. The first-order valence-corrected chi connectivity index (χ1v) is 6.13. The van der Waals surface area contributed by atoms with Crippen molar-refractivity contribution in [3.05, 3.63) is 0 Å². The van der Waals surface area contributed by atoms with Gasteiger partial charge >= 0.3 is 5.97 Å². The predicted molar refractivity (Wildman–Crippen MR) is 58.5 cm³/mol. The number of rotatable bonds is 0. The highest BCUT2D eigenvalue weighted by Gasteiger charge is 2.08. The zero-order valence-electron chi connectivity index (χ0n) is 9.41. The van der Waals surface area contributed by atoms with Gasteiger partial charge in [-0.1, -0.05) is 25.7 Å². The summed E-state index contributed by atoms with van der Waals surface area (Å²) in [5.41, 5.74) is 0. The van der Waals surface area contributed by atoms with Crippen molar-refractivity contribution >= 4 is 5.97 Å². The maximum absolute atomic E-state index is 11.2. The van der Waals surface area contributed by atoms with Gasteiger partial charge in [-0.25, -0.2) is 0 Å². The molecule has 1 rings (SSSR count). The maximum Gasteiger partial charge on any atom is 0.305 e. The molecule has 0 aromatic heterocycles. The molecule has 0 aliphatic carbocycles. The monoisotopic (exact) mass is 214 g/mol. The van der Waals surface area contributed by atoms with Gasteiger partial charge in [0.25, 0.3) is 0 Å². The van der Waals surface area contributed by atoms with Crippen molar-refractivity contribution in [2.45, 2.75) is 63.9 Å². The Morgan fingerprint density at radius 1 is 1.00 bits per heavy atom. The number of hydrogen-bond donors (Lipinski definition) is 1.